The minimum Gasteiger partial charge on any atom is -0.241 e. The Balaban J connectivity index is 2.53. The number of fused-ring (bicyclic) bond motifs is 1. The van der Waals surface area contributed by atoms with Gasteiger partial charge in [0.2, 0.25) is 0 Å². The second kappa shape index (κ2) is 3.83. The van der Waals surface area contributed by atoms with Gasteiger partial charge in [-0.05, 0) is 19.9 Å². The first-order valence-electron chi connectivity index (χ1n) is 4.51. The number of aromatic nitrogens is 2. The van der Waals surface area contributed by atoms with E-state index in [9.17, 15) is 0 Å². The summed E-state index contributed by atoms with van der Waals surface area (Å²) in [5.74, 6) is 0. The van der Waals surface area contributed by atoms with Crippen molar-refractivity contribution in [1.29, 1.82) is 0 Å². The third-order valence-electron chi connectivity index (χ3n) is 2.01. The highest BCUT2D eigenvalue weighted by atomic mass is 35.5. The Morgan fingerprint density at radius 1 is 1.50 bits per heavy atom. The molecule has 1 unspecified atom stereocenters. The van der Waals surface area contributed by atoms with E-state index in [4.69, 9.17) is 11.6 Å². The number of nitrogens with zero attached hydrogens (tertiary/aromatic N) is 2. The van der Waals surface area contributed by atoms with E-state index < -0.39 is 0 Å². The highest BCUT2D eigenvalue weighted by molar-refractivity contribution is 7.18. The molecule has 2 heterocycles. The first-order valence-corrected chi connectivity index (χ1v) is 5.76. The number of alkyl halides is 1. The Bertz CT molecular complexity index is 450. The Labute approximate surface area is 92.0 Å². The molecule has 0 saturated heterocycles. The Morgan fingerprint density at radius 2 is 2.29 bits per heavy atom. The fourth-order valence-corrected chi connectivity index (χ4v) is 2.47. The Kier molecular flexibility index (Phi) is 2.70. The summed E-state index contributed by atoms with van der Waals surface area (Å²) < 4.78 is 0. The van der Waals surface area contributed by atoms with Crippen LogP contribution in [0.1, 0.15) is 17.5 Å². The molecule has 4 heteroatoms. The minimum absolute atomic E-state index is 0.119. The molecule has 14 heavy (non-hydrogen) atoms. The lowest BCUT2D eigenvalue weighted by Crippen LogP contribution is -2.00. The quantitative estimate of drug-likeness (QED) is 0.736. The molecule has 0 aliphatic heterocycles. The van der Waals surface area contributed by atoms with Gasteiger partial charge in [-0.3, -0.25) is 0 Å². The van der Waals surface area contributed by atoms with Crippen molar-refractivity contribution in [3.8, 4) is 0 Å². The standard InChI is InChI=1S/C10H11ClN2S/c1-6(11)3-9-8-4-7(2)14-10(8)13-5-12-9/h4-6H,3H2,1-2H3. The van der Waals surface area contributed by atoms with Crippen molar-refractivity contribution in [1.82, 2.24) is 9.97 Å². The summed E-state index contributed by atoms with van der Waals surface area (Å²) in [6.45, 7) is 4.06. The van der Waals surface area contributed by atoms with Gasteiger partial charge in [-0.2, -0.15) is 0 Å². The van der Waals surface area contributed by atoms with Gasteiger partial charge in [-0.25, -0.2) is 9.97 Å². The lowest BCUT2D eigenvalue weighted by molar-refractivity contribution is 0.896. The van der Waals surface area contributed by atoms with Gasteiger partial charge < -0.3 is 0 Å². The van der Waals surface area contributed by atoms with Crippen LogP contribution in [-0.2, 0) is 6.42 Å². The van der Waals surface area contributed by atoms with Crippen LogP contribution in [0, 0.1) is 6.92 Å². The Hall–Kier alpha value is -0.670. The maximum atomic E-state index is 5.96. The van der Waals surface area contributed by atoms with Crippen LogP contribution < -0.4 is 0 Å². The molecule has 0 spiro atoms. The number of aryl methyl sites for hydroxylation is 1. The smallest absolute Gasteiger partial charge is 0.127 e. The van der Waals surface area contributed by atoms with Gasteiger partial charge in [0.05, 0.1) is 5.69 Å². The Morgan fingerprint density at radius 3 is 3.00 bits per heavy atom. The van der Waals surface area contributed by atoms with Crippen molar-refractivity contribution in [2.24, 2.45) is 0 Å². The maximum absolute atomic E-state index is 5.96. The number of halogens is 1. The maximum Gasteiger partial charge on any atom is 0.127 e. The lowest BCUT2D eigenvalue weighted by atomic mass is 10.2. The molecular weight excluding hydrogens is 216 g/mol. The van der Waals surface area contributed by atoms with E-state index >= 15 is 0 Å². The number of thiophene rings is 1. The molecule has 2 aromatic heterocycles. The van der Waals surface area contributed by atoms with Crippen molar-refractivity contribution in [3.05, 3.63) is 23.0 Å². The van der Waals surface area contributed by atoms with Gasteiger partial charge in [-0.1, -0.05) is 0 Å². The zero-order valence-electron chi connectivity index (χ0n) is 8.12. The van der Waals surface area contributed by atoms with E-state index in [0.29, 0.717) is 0 Å². The van der Waals surface area contributed by atoms with E-state index in [1.807, 2.05) is 6.92 Å². The van der Waals surface area contributed by atoms with Gasteiger partial charge in [0, 0.05) is 22.1 Å². The van der Waals surface area contributed by atoms with Crippen LogP contribution >= 0.6 is 22.9 Å². The summed E-state index contributed by atoms with van der Waals surface area (Å²) in [5.41, 5.74) is 1.06. The number of hydrogen-bond acceptors (Lipinski definition) is 3. The molecule has 2 rings (SSSR count). The van der Waals surface area contributed by atoms with Crippen molar-refractivity contribution >= 4 is 33.2 Å². The van der Waals surface area contributed by atoms with Crippen molar-refractivity contribution in [2.75, 3.05) is 0 Å². The molecule has 74 valence electrons. The highest BCUT2D eigenvalue weighted by Crippen LogP contribution is 2.25. The molecule has 0 N–H and O–H groups in total. The topological polar surface area (TPSA) is 25.8 Å². The first kappa shape index (κ1) is 9.87. The molecule has 1 atom stereocenters. The fourth-order valence-electron chi connectivity index (χ4n) is 1.45. The molecule has 0 amide bonds. The van der Waals surface area contributed by atoms with Crippen LogP contribution in [0.4, 0.5) is 0 Å². The molecule has 0 saturated carbocycles. The van der Waals surface area contributed by atoms with Crippen LogP contribution in [0.25, 0.3) is 10.2 Å². The third-order valence-corrected chi connectivity index (χ3v) is 3.12. The minimum atomic E-state index is 0.119. The summed E-state index contributed by atoms with van der Waals surface area (Å²) in [6.07, 6.45) is 2.42. The zero-order valence-corrected chi connectivity index (χ0v) is 9.69. The van der Waals surface area contributed by atoms with Crippen LogP contribution in [0.2, 0.25) is 0 Å². The number of rotatable bonds is 2. The van der Waals surface area contributed by atoms with E-state index in [0.717, 1.165) is 22.3 Å². The predicted octanol–water partition coefficient (Wildman–Crippen LogP) is 3.17. The van der Waals surface area contributed by atoms with Crippen molar-refractivity contribution in [2.45, 2.75) is 25.6 Å². The average Bonchev–Trinajstić information content (AvgIpc) is 2.45. The summed E-state index contributed by atoms with van der Waals surface area (Å²) in [4.78, 5) is 10.8. The summed E-state index contributed by atoms with van der Waals surface area (Å²) >= 11 is 7.66. The van der Waals surface area contributed by atoms with Crippen molar-refractivity contribution in [3.63, 3.8) is 0 Å². The van der Waals surface area contributed by atoms with E-state index in [-0.39, 0.29) is 5.38 Å². The summed E-state index contributed by atoms with van der Waals surface area (Å²) in [5, 5.41) is 1.27. The number of hydrogen-bond donors (Lipinski definition) is 0. The molecule has 0 aliphatic rings. The molecule has 2 aromatic rings. The largest absolute Gasteiger partial charge is 0.241 e. The normalized spacial score (nSPS) is 13.4. The summed E-state index contributed by atoms with van der Waals surface area (Å²) in [7, 11) is 0. The zero-order chi connectivity index (χ0) is 10.1. The highest BCUT2D eigenvalue weighted by Gasteiger charge is 2.08. The molecule has 0 bridgehead atoms. The van der Waals surface area contributed by atoms with Crippen LogP contribution in [0.15, 0.2) is 12.4 Å². The second-order valence-corrected chi connectivity index (χ2v) is 5.36. The lowest BCUT2D eigenvalue weighted by Gasteiger charge is -2.02. The predicted molar refractivity (Wildman–Crippen MR) is 61.2 cm³/mol. The van der Waals surface area contributed by atoms with Crippen LogP contribution in [-0.4, -0.2) is 15.3 Å². The van der Waals surface area contributed by atoms with E-state index in [1.54, 1.807) is 17.7 Å². The molecule has 0 radical (unpaired) electrons. The molecule has 0 fully saturated rings. The SMILES string of the molecule is Cc1cc2c(CC(C)Cl)ncnc2s1. The van der Waals surface area contributed by atoms with E-state index in [2.05, 4.69) is 23.0 Å². The van der Waals surface area contributed by atoms with Crippen molar-refractivity contribution < 1.29 is 0 Å². The first-order chi connectivity index (χ1) is 6.66. The molecule has 0 aliphatic carbocycles. The molecule has 2 nitrogen and oxygen atoms in total. The second-order valence-electron chi connectivity index (χ2n) is 3.38. The van der Waals surface area contributed by atoms with Gasteiger partial charge in [0.1, 0.15) is 11.2 Å². The van der Waals surface area contributed by atoms with Gasteiger partial charge in [0.15, 0.2) is 0 Å². The van der Waals surface area contributed by atoms with Gasteiger partial charge in [0.25, 0.3) is 0 Å². The average molecular weight is 227 g/mol. The van der Waals surface area contributed by atoms with Gasteiger partial charge >= 0.3 is 0 Å². The monoisotopic (exact) mass is 226 g/mol. The molecular formula is C10H11ClN2S. The van der Waals surface area contributed by atoms with Crippen LogP contribution in [0.5, 0.6) is 0 Å². The molecule has 0 aromatic carbocycles. The fraction of sp³-hybridized carbons (Fsp3) is 0.400. The third kappa shape index (κ3) is 1.88. The van der Waals surface area contributed by atoms with Crippen LogP contribution in [0.3, 0.4) is 0 Å². The summed E-state index contributed by atoms with van der Waals surface area (Å²) in [6, 6.07) is 2.13. The van der Waals surface area contributed by atoms with Gasteiger partial charge in [-0.15, -0.1) is 22.9 Å². The van der Waals surface area contributed by atoms with E-state index in [1.165, 1.54) is 4.88 Å².